The van der Waals surface area contributed by atoms with Crippen LogP contribution in [0.1, 0.15) is 30.6 Å². The van der Waals surface area contributed by atoms with Crippen molar-refractivity contribution in [3.63, 3.8) is 0 Å². The second-order valence-corrected chi connectivity index (χ2v) is 5.27. The molecule has 3 rings (SSSR count). The van der Waals surface area contributed by atoms with E-state index in [1.165, 1.54) is 12.0 Å². The van der Waals surface area contributed by atoms with Crippen LogP contribution >= 0.6 is 0 Å². The molecule has 1 aromatic heterocycles. The molecule has 100 valence electrons. The number of nitrogens with zero attached hydrogens (tertiary/aromatic N) is 3. The fourth-order valence-corrected chi connectivity index (χ4v) is 2.69. The summed E-state index contributed by atoms with van der Waals surface area (Å²) in [7, 11) is 1.71. The topological polar surface area (TPSA) is 39.9 Å². The highest BCUT2D eigenvalue weighted by Crippen LogP contribution is 2.24. The summed E-state index contributed by atoms with van der Waals surface area (Å²) in [5.74, 6) is 3.81. The molecular formula is C15H19N3O. The maximum absolute atomic E-state index is 5.40. The maximum Gasteiger partial charge on any atom is 0.137 e. The van der Waals surface area contributed by atoms with Crippen LogP contribution in [0.3, 0.4) is 0 Å². The van der Waals surface area contributed by atoms with Crippen molar-refractivity contribution in [1.82, 2.24) is 14.8 Å². The van der Waals surface area contributed by atoms with Crippen LogP contribution in [0.4, 0.5) is 0 Å². The van der Waals surface area contributed by atoms with E-state index in [4.69, 9.17) is 4.74 Å². The van der Waals surface area contributed by atoms with Crippen molar-refractivity contribution >= 4 is 0 Å². The third-order valence-electron chi connectivity index (χ3n) is 3.82. The second kappa shape index (κ2) is 5.03. The third kappa shape index (κ3) is 2.35. The molecule has 0 spiro atoms. The first kappa shape index (κ1) is 12.2. The van der Waals surface area contributed by atoms with E-state index in [2.05, 4.69) is 27.8 Å². The van der Waals surface area contributed by atoms with E-state index in [0.29, 0.717) is 0 Å². The molecule has 1 unspecified atom stereocenters. The van der Waals surface area contributed by atoms with Gasteiger partial charge in [0, 0.05) is 24.9 Å². The van der Waals surface area contributed by atoms with Gasteiger partial charge in [-0.25, -0.2) is 0 Å². The first-order chi connectivity index (χ1) is 9.28. The summed E-state index contributed by atoms with van der Waals surface area (Å²) < 4.78 is 7.67. The molecule has 1 atom stereocenters. The molecule has 1 aliphatic heterocycles. The van der Waals surface area contributed by atoms with Gasteiger partial charge in [-0.1, -0.05) is 25.1 Å². The molecule has 0 saturated heterocycles. The molecule has 0 bridgehead atoms. The molecular weight excluding hydrogens is 238 g/mol. The van der Waals surface area contributed by atoms with Crippen LogP contribution in [-0.4, -0.2) is 21.9 Å². The minimum absolute atomic E-state index is 0.718. The molecule has 1 aliphatic rings. The summed E-state index contributed by atoms with van der Waals surface area (Å²) in [6, 6.07) is 8.10. The summed E-state index contributed by atoms with van der Waals surface area (Å²) in [6.45, 7) is 3.31. The van der Waals surface area contributed by atoms with Gasteiger partial charge in [0.25, 0.3) is 0 Å². The molecule has 2 heterocycles. The van der Waals surface area contributed by atoms with Gasteiger partial charge in [0.05, 0.1) is 7.11 Å². The van der Waals surface area contributed by atoms with Crippen LogP contribution in [0.25, 0.3) is 0 Å². The number of para-hydroxylation sites is 1. The molecule has 0 aliphatic carbocycles. The lowest BCUT2D eigenvalue weighted by Gasteiger charge is -2.20. The molecule has 0 saturated carbocycles. The van der Waals surface area contributed by atoms with E-state index in [1.807, 2.05) is 18.2 Å². The smallest absolute Gasteiger partial charge is 0.137 e. The first-order valence-electron chi connectivity index (χ1n) is 6.80. The van der Waals surface area contributed by atoms with Crippen molar-refractivity contribution in [2.45, 2.75) is 32.7 Å². The Morgan fingerprint density at radius 2 is 2.16 bits per heavy atom. The summed E-state index contributed by atoms with van der Waals surface area (Å²) >= 11 is 0. The Kier molecular flexibility index (Phi) is 3.23. The number of hydrogen-bond donors (Lipinski definition) is 0. The molecule has 0 N–H and O–H groups in total. The molecule has 4 nitrogen and oxygen atoms in total. The van der Waals surface area contributed by atoms with Gasteiger partial charge in [-0.05, 0) is 18.4 Å². The van der Waals surface area contributed by atoms with Crippen molar-refractivity contribution in [3.8, 4) is 5.75 Å². The standard InChI is InChI=1S/C15H19N3O/c1-11-7-8-18-14(9-11)16-17-15(18)10-12-5-3-4-6-13(12)19-2/h3-6,11H,7-10H2,1-2H3. The van der Waals surface area contributed by atoms with Gasteiger partial charge < -0.3 is 9.30 Å². The zero-order valence-corrected chi connectivity index (χ0v) is 11.5. The number of aromatic nitrogens is 3. The zero-order valence-electron chi connectivity index (χ0n) is 11.5. The van der Waals surface area contributed by atoms with Crippen molar-refractivity contribution in [2.24, 2.45) is 5.92 Å². The molecule has 19 heavy (non-hydrogen) atoms. The Bertz CT molecular complexity index is 577. The SMILES string of the molecule is COc1ccccc1Cc1nnc2n1CCC(C)C2. The Morgan fingerprint density at radius 1 is 1.32 bits per heavy atom. The van der Waals surface area contributed by atoms with Gasteiger partial charge in [0.2, 0.25) is 0 Å². The van der Waals surface area contributed by atoms with Crippen LogP contribution in [0.15, 0.2) is 24.3 Å². The Morgan fingerprint density at radius 3 is 3.00 bits per heavy atom. The quantitative estimate of drug-likeness (QED) is 0.848. The normalized spacial score (nSPS) is 18.1. The van der Waals surface area contributed by atoms with Crippen molar-refractivity contribution in [3.05, 3.63) is 41.5 Å². The summed E-state index contributed by atoms with van der Waals surface area (Å²) in [5, 5.41) is 8.69. The highest BCUT2D eigenvalue weighted by atomic mass is 16.5. The van der Waals surface area contributed by atoms with Crippen molar-refractivity contribution in [2.75, 3.05) is 7.11 Å². The minimum atomic E-state index is 0.718. The van der Waals surface area contributed by atoms with Gasteiger partial charge in [-0.3, -0.25) is 0 Å². The number of rotatable bonds is 3. The minimum Gasteiger partial charge on any atom is -0.496 e. The lowest BCUT2D eigenvalue weighted by molar-refractivity contribution is 0.400. The monoisotopic (exact) mass is 257 g/mol. The second-order valence-electron chi connectivity index (χ2n) is 5.27. The van der Waals surface area contributed by atoms with E-state index < -0.39 is 0 Å². The number of benzene rings is 1. The molecule has 4 heteroatoms. The lowest BCUT2D eigenvalue weighted by atomic mass is 10.00. The molecule has 2 aromatic rings. The Hall–Kier alpha value is -1.84. The zero-order chi connectivity index (χ0) is 13.2. The van der Waals surface area contributed by atoms with Gasteiger partial charge >= 0.3 is 0 Å². The van der Waals surface area contributed by atoms with Crippen LogP contribution in [0.5, 0.6) is 5.75 Å². The highest BCUT2D eigenvalue weighted by Gasteiger charge is 2.20. The summed E-state index contributed by atoms with van der Waals surface area (Å²) in [5.41, 5.74) is 1.17. The number of ether oxygens (including phenoxy) is 1. The van der Waals surface area contributed by atoms with Gasteiger partial charge in [-0.2, -0.15) is 0 Å². The van der Waals surface area contributed by atoms with Gasteiger partial charge in [-0.15, -0.1) is 10.2 Å². The summed E-state index contributed by atoms with van der Waals surface area (Å²) in [4.78, 5) is 0. The Labute approximate surface area is 113 Å². The van der Waals surface area contributed by atoms with E-state index in [0.717, 1.165) is 42.7 Å². The summed E-state index contributed by atoms with van der Waals surface area (Å²) in [6.07, 6.45) is 3.04. The lowest BCUT2D eigenvalue weighted by Crippen LogP contribution is -2.19. The van der Waals surface area contributed by atoms with E-state index in [1.54, 1.807) is 7.11 Å². The van der Waals surface area contributed by atoms with Crippen LogP contribution < -0.4 is 4.74 Å². The number of hydrogen-bond acceptors (Lipinski definition) is 3. The predicted octanol–water partition coefficient (Wildman–Crippen LogP) is 2.46. The maximum atomic E-state index is 5.40. The van der Waals surface area contributed by atoms with E-state index >= 15 is 0 Å². The Balaban J connectivity index is 1.88. The molecule has 0 radical (unpaired) electrons. The fourth-order valence-electron chi connectivity index (χ4n) is 2.69. The van der Waals surface area contributed by atoms with Gasteiger partial charge in [0.15, 0.2) is 0 Å². The van der Waals surface area contributed by atoms with E-state index in [-0.39, 0.29) is 0 Å². The van der Waals surface area contributed by atoms with E-state index in [9.17, 15) is 0 Å². The third-order valence-corrected chi connectivity index (χ3v) is 3.82. The largest absolute Gasteiger partial charge is 0.496 e. The molecule has 0 fully saturated rings. The predicted molar refractivity (Wildman–Crippen MR) is 73.3 cm³/mol. The van der Waals surface area contributed by atoms with Crippen LogP contribution in [-0.2, 0) is 19.4 Å². The number of fused-ring (bicyclic) bond motifs is 1. The molecule has 1 aromatic carbocycles. The molecule has 0 amide bonds. The van der Waals surface area contributed by atoms with Crippen molar-refractivity contribution < 1.29 is 4.74 Å². The van der Waals surface area contributed by atoms with Gasteiger partial charge in [0.1, 0.15) is 17.4 Å². The first-order valence-corrected chi connectivity index (χ1v) is 6.80. The number of methoxy groups -OCH3 is 1. The average Bonchev–Trinajstić information content (AvgIpc) is 2.82. The average molecular weight is 257 g/mol. The van der Waals surface area contributed by atoms with Crippen molar-refractivity contribution in [1.29, 1.82) is 0 Å². The fraction of sp³-hybridized carbons (Fsp3) is 0.467. The highest BCUT2D eigenvalue weighted by molar-refractivity contribution is 5.35. The van der Waals surface area contributed by atoms with Crippen LogP contribution in [0, 0.1) is 5.92 Å². The van der Waals surface area contributed by atoms with Crippen LogP contribution in [0.2, 0.25) is 0 Å².